The van der Waals surface area contributed by atoms with Crippen LogP contribution in [0.5, 0.6) is 0 Å². The topological polar surface area (TPSA) is 81.1 Å². The van der Waals surface area contributed by atoms with Crippen molar-refractivity contribution in [1.29, 1.82) is 0 Å². The van der Waals surface area contributed by atoms with Crippen LogP contribution in [0.3, 0.4) is 0 Å². The Kier molecular flexibility index (Phi) is 1.55. The Balaban J connectivity index is 2.51. The van der Waals surface area contributed by atoms with E-state index in [4.69, 9.17) is 10.8 Å². The molecule has 0 aromatic carbocycles. The Morgan fingerprint density at radius 2 is 2.46 bits per heavy atom. The fourth-order valence-corrected chi connectivity index (χ4v) is 1.85. The van der Waals surface area contributed by atoms with Crippen LogP contribution in [0.15, 0.2) is 0 Å². The molecule has 1 atom stereocenters. The van der Waals surface area contributed by atoms with Crippen molar-refractivity contribution in [2.75, 3.05) is 5.73 Å². The quantitative estimate of drug-likeness (QED) is 0.644. The second-order valence-electron chi connectivity index (χ2n) is 3.30. The standard InChI is InChI=1S/C8H11N3O2/c1-11-7(9)6-4(8(12)13)2-3-5(6)10-11/h4H,2-3,9H2,1H3,(H,12,13). The van der Waals surface area contributed by atoms with Gasteiger partial charge in [-0.15, -0.1) is 0 Å². The number of carbonyl (C=O) groups is 1. The van der Waals surface area contributed by atoms with Crippen LogP contribution in [0.25, 0.3) is 0 Å². The van der Waals surface area contributed by atoms with Gasteiger partial charge in [-0.25, -0.2) is 0 Å². The summed E-state index contributed by atoms with van der Waals surface area (Å²) in [7, 11) is 1.73. The molecule has 1 heterocycles. The van der Waals surface area contributed by atoms with E-state index in [2.05, 4.69) is 5.10 Å². The fraction of sp³-hybridized carbons (Fsp3) is 0.500. The minimum atomic E-state index is -0.807. The van der Waals surface area contributed by atoms with Gasteiger partial charge in [-0.1, -0.05) is 0 Å². The van der Waals surface area contributed by atoms with Crippen molar-refractivity contribution < 1.29 is 9.90 Å². The monoisotopic (exact) mass is 181 g/mol. The van der Waals surface area contributed by atoms with Gasteiger partial charge in [-0.2, -0.15) is 5.10 Å². The Labute approximate surface area is 75.2 Å². The summed E-state index contributed by atoms with van der Waals surface area (Å²) in [5.41, 5.74) is 7.28. The average Bonchev–Trinajstić information content (AvgIpc) is 2.55. The number of aliphatic carboxylic acids is 1. The van der Waals surface area contributed by atoms with Crippen LogP contribution in [-0.4, -0.2) is 20.9 Å². The predicted octanol–water partition coefficient (Wildman–Crippen LogP) is 0.117. The number of fused-ring (bicyclic) bond motifs is 1. The van der Waals surface area contributed by atoms with E-state index in [0.29, 0.717) is 12.2 Å². The number of rotatable bonds is 1. The summed E-state index contributed by atoms with van der Waals surface area (Å²) < 4.78 is 1.54. The Morgan fingerprint density at radius 1 is 1.77 bits per heavy atom. The first-order chi connectivity index (χ1) is 6.11. The predicted molar refractivity (Wildman–Crippen MR) is 46.3 cm³/mol. The molecule has 0 aliphatic heterocycles. The van der Waals surface area contributed by atoms with Gasteiger partial charge >= 0.3 is 5.97 Å². The van der Waals surface area contributed by atoms with Crippen LogP contribution in [0.1, 0.15) is 23.6 Å². The van der Waals surface area contributed by atoms with Crippen LogP contribution >= 0.6 is 0 Å². The Hall–Kier alpha value is -1.52. The van der Waals surface area contributed by atoms with Gasteiger partial charge in [0.05, 0.1) is 11.6 Å². The number of aryl methyl sites for hydroxylation is 2. The molecule has 0 saturated heterocycles. The molecule has 0 fully saturated rings. The highest BCUT2D eigenvalue weighted by Crippen LogP contribution is 2.36. The lowest BCUT2D eigenvalue weighted by atomic mass is 10.0. The Bertz CT molecular complexity index is 370. The fourth-order valence-electron chi connectivity index (χ4n) is 1.85. The van der Waals surface area contributed by atoms with Gasteiger partial charge in [0.1, 0.15) is 5.82 Å². The number of nitrogens with two attached hydrogens (primary N) is 1. The van der Waals surface area contributed by atoms with Gasteiger partial charge in [-0.3, -0.25) is 9.48 Å². The van der Waals surface area contributed by atoms with E-state index >= 15 is 0 Å². The van der Waals surface area contributed by atoms with E-state index in [1.165, 1.54) is 0 Å². The SMILES string of the molecule is Cn1nc2c(c1N)C(C(=O)O)CC2. The van der Waals surface area contributed by atoms with E-state index in [-0.39, 0.29) is 0 Å². The van der Waals surface area contributed by atoms with Crippen molar-refractivity contribution in [2.45, 2.75) is 18.8 Å². The molecule has 0 radical (unpaired) electrons. The van der Waals surface area contributed by atoms with Crippen molar-refractivity contribution in [3.05, 3.63) is 11.3 Å². The number of hydrogen-bond acceptors (Lipinski definition) is 3. The zero-order valence-corrected chi connectivity index (χ0v) is 7.32. The summed E-state index contributed by atoms with van der Waals surface area (Å²) in [6.07, 6.45) is 1.34. The summed E-state index contributed by atoms with van der Waals surface area (Å²) in [6, 6.07) is 0. The number of hydrogen-bond donors (Lipinski definition) is 2. The third-order valence-electron chi connectivity index (χ3n) is 2.52. The molecular formula is C8H11N3O2. The van der Waals surface area contributed by atoms with Gasteiger partial charge in [0.25, 0.3) is 0 Å². The second-order valence-corrected chi connectivity index (χ2v) is 3.30. The van der Waals surface area contributed by atoms with Gasteiger partial charge in [0.15, 0.2) is 0 Å². The second kappa shape index (κ2) is 2.48. The average molecular weight is 181 g/mol. The summed E-state index contributed by atoms with van der Waals surface area (Å²) in [5, 5.41) is 13.1. The zero-order valence-electron chi connectivity index (χ0n) is 7.32. The highest BCUT2D eigenvalue weighted by molar-refractivity contribution is 5.79. The largest absolute Gasteiger partial charge is 0.481 e. The molecule has 1 aromatic heterocycles. The van der Waals surface area contributed by atoms with Crippen molar-refractivity contribution in [3.63, 3.8) is 0 Å². The maximum absolute atomic E-state index is 10.8. The molecule has 2 rings (SSSR count). The first-order valence-corrected chi connectivity index (χ1v) is 4.15. The van der Waals surface area contributed by atoms with Crippen molar-refractivity contribution in [1.82, 2.24) is 9.78 Å². The minimum Gasteiger partial charge on any atom is -0.481 e. The van der Waals surface area contributed by atoms with Gasteiger partial charge in [-0.05, 0) is 12.8 Å². The maximum atomic E-state index is 10.8. The molecule has 3 N–H and O–H groups in total. The molecule has 5 heteroatoms. The summed E-state index contributed by atoms with van der Waals surface area (Å²) in [4.78, 5) is 10.8. The lowest BCUT2D eigenvalue weighted by Crippen LogP contribution is -2.10. The molecule has 0 amide bonds. The first-order valence-electron chi connectivity index (χ1n) is 4.15. The van der Waals surface area contributed by atoms with Crippen molar-refractivity contribution in [3.8, 4) is 0 Å². The minimum absolute atomic E-state index is 0.455. The smallest absolute Gasteiger partial charge is 0.311 e. The highest BCUT2D eigenvalue weighted by Gasteiger charge is 2.33. The highest BCUT2D eigenvalue weighted by atomic mass is 16.4. The van der Waals surface area contributed by atoms with Crippen molar-refractivity contribution >= 4 is 11.8 Å². The lowest BCUT2D eigenvalue weighted by molar-refractivity contribution is -0.138. The molecular weight excluding hydrogens is 170 g/mol. The number of carboxylic acid groups (broad SMARTS) is 1. The number of carboxylic acids is 1. The zero-order chi connectivity index (χ0) is 9.59. The molecule has 0 spiro atoms. The normalized spacial score (nSPS) is 20.2. The van der Waals surface area contributed by atoms with E-state index in [0.717, 1.165) is 17.7 Å². The van der Waals surface area contributed by atoms with Gasteiger partial charge in [0, 0.05) is 12.6 Å². The van der Waals surface area contributed by atoms with Crippen LogP contribution in [-0.2, 0) is 18.3 Å². The molecule has 1 unspecified atom stereocenters. The molecule has 1 aliphatic carbocycles. The number of nitrogens with zero attached hydrogens (tertiary/aromatic N) is 2. The molecule has 13 heavy (non-hydrogen) atoms. The third kappa shape index (κ3) is 0.998. The molecule has 5 nitrogen and oxygen atoms in total. The molecule has 70 valence electrons. The van der Waals surface area contributed by atoms with Crippen molar-refractivity contribution in [2.24, 2.45) is 7.05 Å². The number of aromatic nitrogens is 2. The van der Waals surface area contributed by atoms with E-state index in [9.17, 15) is 4.79 Å². The molecule has 0 bridgehead atoms. The van der Waals surface area contributed by atoms with Crippen LogP contribution in [0, 0.1) is 0 Å². The van der Waals surface area contributed by atoms with Gasteiger partial charge < -0.3 is 10.8 Å². The molecule has 1 aliphatic rings. The third-order valence-corrected chi connectivity index (χ3v) is 2.52. The summed E-state index contributed by atoms with van der Waals surface area (Å²) in [5.74, 6) is -0.776. The Morgan fingerprint density at radius 3 is 3.08 bits per heavy atom. The maximum Gasteiger partial charge on any atom is 0.311 e. The van der Waals surface area contributed by atoms with E-state index in [1.807, 2.05) is 0 Å². The number of nitrogen functional groups attached to an aromatic ring is 1. The van der Waals surface area contributed by atoms with E-state index in [1.54, 1.807) is 11.7 Å². The number of anilines is 1. The van der Waals surface area contributed by atoms with Crippen LogP contribution in [0.4, 0.5) is 5.82 Å². The van der Waals surface area contributed by atoms with Gasteiger partial charge in [0.2, 0.25) is 0 Å². The summed E-state index contributed by atoms with van der Waals surface area (Å²) in [6.45, 7) is 0. The lowest BCUT2D eigenvalue weighted by Gasteiger charge is -2.04. The molecule has 1 aromatic rings. The first kappa shape index (κ1) is 8.10. The van der Waals surface area contributed by atoms with Crippen LogP contribution in [0.2, 0.25) is 0 Å². The molecule has 0 saturated carbocycles. The summed E-state index contributed by atoms with van der Waals surface area (Å²) >= 11 is 0. The van der Waals surface area contributed by atoms with Crippen LogP contribution < -0.4 is 5.73 Å². The van der Waals surface area contributed by atoms with E-state index < -0.39 is 11.9 Å².